The second-order valence-electron chi connectivity index (χ2n) is 3.05. The SMILES string of the molecule is Cc1cc(NC(=O)N2C=CC=NC2)on1. The third-order valence-corrected chi connectivity index (χ3v) is 1.81. The van der Waals surface area contributed by atoms with Gasteiger partial charge in [0.2, 0.25) is 5.88 Å². The van der Waals surface area contributed by atoms with Gasteiger partial charge in [-0.3, -0.25) is 15.2 Å². The van der Waals surface area contributed by atoms with Crippen LogP contribution in [-0.2, 0) is 0 Å². The summed E-state index contributed by atoms with van der Waals surface area (Å²) in [5.41, 5.74) is 0.720. The largest absolute Gasteiger partial charge is 0.338 e. The van der Waals surface area contributed by atoms with Crippen LogP contribution in [0.2, 0.25) is 0 Å². The lowest BCUT2D eigenvalue weighted by molar-refractivity contribution is 0.228. The van der Waals surface area contributed by atoms with Gasteiger partial charge in [-0.05, 0) is 13.0 Å². The molecular formula is C9H10N4O2. The average Bonchev–Trinajstić information content (AvgIpc) is 2.65. The first-order valence-electron chi connectivity index (χ1n) is 4.43. The van der Waals surface area contributed by atoms with Crippen molar-refractivity contribution in [3.05, 3.63) is 24.0 Å². The quantitative estimate of drug-likeness (QED) is 0.754. The summed E-state index contributed by atoms with van der Waals surface area (Å²) in [5, 5.41) is 6.22. The molecule has 0 aromatic carbocycles. The summed E-state index contributed by atoms with van der Waals surface area (Å²) >= 11 is 0. The van der Waals surface area contributed by atoms with Gasteiger partial charge in [0.1, 0.15) is 6.67 Å². The molecule has 1 aromatic heterocycles. The van der Waals surface area contributed by atoms with E-state index in [1.54, 1.807) is 31.5 Å². The van der Waals surface area contributed by atoms with Gasteiger partial charge in [0.05, 0.1) is 5.69 Å². The molecule has 1 N–H and O–H groups in total. The normalized spacial score (nSPS) is 14.3. The second kappa shape index (κ2) is 3.95. The molecule has 0 saturated heterocycles. The molecule has 2 heterocycles. The van der Waals surface area contributed by atoms with Crippen LogP contribution in [0.5, 0.6) is 0 Å². The first-order valence-corrected chi connectivity index (χ1v) is 4.43. The molecule has 1 aliphatic heterocycles. The molecule has 0 aliphatic carbocycles. The minimum atomic E-state index is -0.292. The molecule has 0 atom stereocenters. The smallest absolute Gasteiger partial charge is 0.329 e. The molecule has 0 saturated carbocycles. The number of anilines is 1. The number of aliphatic imine (C=N–C) groups is 1. The molecule has 78 valence electrons. The Bertz CT molecular complexity index is 422. The van der Waals surface area contributed by atoms with E-state index in [-0.39, 0.29) is 6.03 Å². The van der Waals surface area contributed by atoms with Crippen molar-refractivity contribution in [1.29, 1.82) is 0 Å². The van der Waals surface area contributed by atoms with Gasteiger partial charge in [-0.25, -0.2) is 4.79 Å². The monoisotopic (exact) mass is 206 g/mol. The van der Waals surface area contributed by atoms with Crippen LogP contribution in [0.1, 0.15) is 5.69 Å². The fourth-order valence-corrected chi connectivity index (χ4v) is 1.12. The van der Waals surface area contributed by atoms with Crippen molar-refractivity contribution in [1.82, 2.24) is 10.1 Å². The number of amides is 2. The molecule has 0 radical (unpaired) electrons. The zero-order chi connectivity index (χ0) is 10.7. The molecule has 1 aromatic rings. The van der Waals surface area contributed by atoms with E-state index in [2.05, 4.69) is 15.5 Å². The summed E-state index contributed by atoms with van der Waals surface area (Å²) in [6.45, 7) is 2.10. The number of aromatic nitrogens is 1. The van der Waals surface area contributed by atoms with Gasteiger partial charge in [-0.1, -0.05) is 5.16 Å². The Kier molecular flexibility index (Phi) is 2.49. The maximum atomic E-state index is 11.6. The molecule has 6 nitrogen and oxygen atoms in total. The molecule has 2 rings (SSSR count). The van der Waals surface area contributed by atoms with E-state index in [0.29, 0.717) is 12.6 Å². The fourth-order valence-electron chi connectivity index (χ4n) is 1.12. The van der Waals surface area contributed by atoms with Crippen molar-refractivity contribution in [3.63, 3.8) is 0 Å². The molecule has 1 aliphatic rings. The van der Waals surface area contributed by atoms with E-state index < -0.39 is 0 Å². The zero-order valence-electron chi connectivity index (χ0n) is 8.17. The van der Waals surface area contributed by atoms with Crippen molar-refractivity contribution in [3.8, 4) is 0 Å². The van der Waals surface area contributed by atoms with Crippen molar-refractivity contribution in [2.45, 2.75) is 6.92 Å². The third kappa shape index (κ3) is 2.22. The Hall–Kier alpha value is -2.11. The molecular weight excluding hydrogens is 196 g/mol. The zero-order valence-corrected chi connectivity index (χ0v) is 8.17. The highest BCUT2D eigenvalue weighted by atomic mass is 16.5. The van der Waals surface area contributed by atoms with Gasteiger partial charge in [0, 0.05) is 18.5 Å². The van der Waals surface area contributed by atoms with E-state index in [1.165, 1.54) is 4.90 Å². The number of allylic oxidation sites excluding steroid dienone is 1. The summed E-state index contributed by atoms with van der Waals surface area (Å²) < 4.78 is 4.85. The van der Waals surface area contributed by atoms with Gasteiger partial charge < -0.3 is 4.52 Å². The van der Waals surface area contributed by atoms with Crippen molar-refractivity contribution >= 4 is 18.1 Å². The van der Waals surface area contributed by atoms with Crippen LogP contribution in [0, 0.1) is 6.92 Å². The molecule has 2 amide bonds. The Morgan fingerprint density at radius 3 is 3.13 bits per heavy atom. The highest BCUT2D eigenvalue weighted by molar-refractivity contribution is 5.89. The van der Waals surface area contributed by atoms with E-state index >= 15 is 0 Å². The van der Waals surface area contributed by atoms with Gasteiger partial charge in [-0.15, -0.1) is 0 Å². The Labute approximate surface area is 86.3 Å². The summed E-state index contributed by atoms with van der Waals surface area (Å²) in [6.07, 6.45) is 4.97. The minimum Gasteiger partial charge on any atom is -0.338 e. The van der Waals surface area contributed by atoms with Gasteiger partial charge in [-0.2, -0.15) is 0 Å². The number of nitrogens with one attached hydrogen (secondary N) is 1. The predicted octanol–water partition coefficient (Wildman–Crippen LogP) is 1.37. The van der Waals surface area contributed by atoms with Crippen LogP contribution in [0.25, 0.3) is 0 Å². The fraction of sp³-hybridized carbons (Fsp3) is 0.222. The Balaban J connectivity index is 1.98. The molecule has 15 heavy (non-hydrogen) atoms. The highest BCUT2D eigenvalue weighted by Gasteiger charge is 2.13. The van der Waals surface area contributed by atoms with Crippen LogP contribution < -0.4 is 5.32 Å². The second-order valence-corrected chi connectivity index (χ2v) is 3.05. The van der Waals surface area contributed by atoms with Gasteiger partial charge in [0.15, 0.2) is 0 Å². The van der Waals surface area contributed by atoms with Gasteiger partial charge in [0.25, 0.3) is 0 Å². The number of aryl methyl sites for hydroxylation is 1. The third-order valence-electron chi connectivity index (χ3n) is 1.81. The number of nitrogens with zero attached hydrogens (tertiary/aromatic N) is 3. The summed E-state index contributed by atoms with van der Waals surface area (Å²) in [7, 11) is 0. The number of rotatable bonds is 1. The minimum absolute atomic E-state index is 0.292. The van der Waals surface area contributed by atoms with Crippen molar-refractivity contribution in [2.75, 3.05) is 12.0 Å². The average molecular weight is 206 g/mol. The Morgan fingerprint density at radius 1 is 1.67 bits per heavy atom. The Morgan fingerprint density at radius 2 is 2.53 bits per heavy atom. The predicted molar refractivity (Wildman–Crippen MR) is 54.6 cm³/mol. The standard InChI is InChI=1S/C9H10N4O2/c1-7-5-8(15-12-7)11-9(14)13-4-2-3-10-6-13/h2-5H,6H2,1H3,(H,11,14). The first-order chi connectivity index (χ1) is 7.25. The van der Waals surface area contributed by atoms with Crippen molar-refractivity contribution < 1.29 is 9.32 Å². The number of urea groups is 1. The van der Waals surface area contributed by atoms with Crippen LogP contribution in [0.15, 0.2) is 27.9 Å². The molecule has 0 spiro atoms. The lowest BCUT2D eigenvalue weighted by Crippen LogP contribution is -2.31. The number of hydrogen-bond acceptors (Lipinski definition) is 4. The van der Waals surface area contributed by atoms with Gasteiger partial charge >= 0.3 is 6.03 Å². The van der Waals surface area contributed by atoms with E-state index in [9.17, 15) is 4.79 Å². The lowest BCUT2D eigenvalue weighted by Gasteiger charge is -2.16. The molecule has 0 fully saturated rings. The van der Waals surface area contributed by atoms with Crippen LogP contribution in [-0.4, -0.2) is 29.0 Å². The highest BCUT2D eigenvalue weighted by Crippen LogP contribution is 2.09. The maximum absolute atomic E-state index is 11.6. The van der Waals surface area contributed by atoms with E-state index in [1.807, 2.05) is 0 Å². The maximum Gasteiger partial charge on any atom is 0.329 e. The molecule has 6 heteroatoms. The summed E-state index contributed by atoms with van der Waals surface area (Å²) in [4.78, 5) is 16.9. The summed E-state index contributed by atoms with van der Waals surface area (Å²) in [6, 6.07) is 1.36. The molecule has 0 bridgehead atoms. The first kappa shape index (κ1) is 9.45. The van der Waals surface area contributed by atoms with E-state index in [4.69, 9.17) is 4.52 Å². The number of hydrogen-bond donors (Lipinski definition) is 1. The topological polar surface area (TPSA) is 70.7 Å². The molecule has 0 unspecified atom stereocenters. The van der Waals surface area contributed by atoms with Crippen LogP contribution in [0.3, 0.4) is 0 Å². The van der Waals surface area contributed by atoms with Crippen LogP contribution >= 0.6 is 0 Å². The number of carbonyl (C=O) groups is 1. The lowest BCUT2D eigenvalue weighted by atomic mass is 10.5. The van der Waals surface area contributed by atoms with Crippen LogP contribution in [0.4, 0.5) is 10.7 Å². The summed E-state index contributed by atoms with van der Waals surface area (Å²) in [5.74, 6) is 0.334. The van der Waals surface area contributed by atoms with E-state index in [0.717, 1.165) is 5.69 Å². The number of carbonyl (C=O) groups excluding carboxylic acids is 1. The van der Waals surface area contributed by atoms with Crippen molar-refractivity contribution in [2.24, 2.45) is 4.99 Å².